The Kier molecular flexibility index (Phi) is 1.87. The van der Waals surface area contributed by atoms with Gasteiger partial charge in [-0.1, -0.05) is 18.7 Å². The quantitative estimate of drug-likeness (QED) is 0.572. The van der Waals surface area contributed by atoms with E-state index < -0.39 is 12.0 Å². The summed E-state index contributed by atoms with van der Waals surface area (Å²) in [5, 5.41) is 11.3. The SMILES string of the molecule is C=CC1=C[C@@H](C(=O)O)NC1. The highest BCUT2D eigenvalue weighted by Gasteiger charge is 2.18. The summed E-state index contributed by atoms with van der Waals surface area (Å²) in [5.74, 6) is -0.836. The maximum atomic E-state index is 10.3. The van der Waals surface area contributed by atoms with Crippen molar-refractivity contribution in [3.63, 3.8) is 0 Å². The molecule has 1 rings (SSSR count). The van der Waals surface area contributed by atoms with Gasteiger partial charge in [-0.3, -0.25) is 10.1 Å². The van der Waals surface area contributed by atoms with Gasteiger partial charge in [0.05, 0.1) is 0 Å². The topological polar surface area (TPSA) is 49.3 Å². The molecule has 1 heterocycles. The maximum Gasteiger partial charge on any atom is 0.324 e. The Hall–Kier alpha value is -1.09. The largest absolute Gasteiger partial charge is 0.480 e. The molecule has 0 aromatic rings. The Balaban J connectivity index is 2.63. The normalized spacial score (nSPS) is 24.0. The van der Waals surface area contributed by atoms with E-state index in [1.165, 1.54) is 0 Å². The van der Waals surface area contributed by atoms with Crippen LogP contribution in [0.4, 0.5) is 0 Å². The van der Waals surface area contributed by atoms with Gasteiger partial charge < -0.3 is 5.11 Å². The average Bonchev–Trinajstić information content (AvgIpc) is 2.34. The summed E-state index contributed by atoms with van der Waals surface area (Å²) in [5.41, 5.74) is 0.951. The predicted molar refractivity (Wildman–Crippen MR) is 37.7 cm³/mol. The molecule has 0 fully saturated rings. The van der Waals surface area contributed by atoms with Crippen LogP contribution in [0.5, 0.6) is 0 Å². The van der Waals surface area contributed by atoms with Crippen molar-refractivity contribution < 1.29 is 9.90 Å². The summed E-state index contributed by atoms with van der Waals surface area (Å²) >= 11 is 0. The van der Waals surface area contributed by atoms with Gasteiger partial charge in [-0.05, 0) is 5.57 Å². The summed E-state index contributed by atoms with van der Waals surface area (Å²) in [7, 11) is 0. The third kappa shape index (κ3) is 1.25. The molecule has 10 heavy (non-hydrogen) atoms. The molecular weight excluding hydrogens is 130 g/mol. The lowest BCUT2D eigenvalue weighted by molar-refractivity contribution is -0.137. The highest BCUT2D eigenvalue weighted by atomic mass is 16.4. The summed E-state index contributed by atoms with van der Waals surface area (Å²) in [4.78, 5) is 10.3. The second-order valence-corrected chi connectivity index (χ2v) is 2.14. The lowest BCUT2D eigenvalue weighted by Gasteiger charge is -1.98. The number of hydrogen-bond donors (Lipinski definition) is 2. The van der Waals surface area contributed by atoms with Crippen LogP contribution in [0.1, 0.15) is 0 Å². The molecule has 0 spiro atoms. The first kappa shape index (κ1) is 7.02. The molecule has 0 aliphatic carbocycles. The number of nitrogens with one attached hydrogen (secondary N) is 1. The lowest BCUT2D eigenvalue weighted by atomic mass is 10.2. The lowest BCUT2D eigenvalue weighted by Crippen LogP contribution is -2.30. The minimum absolute atomic E-state index is 0.520. The smallest absolute Gasteiger partial charge is 0.324 e. The summed E-state index contributed by atoms with van der Waals surface area (Å²) < 4.78 is 0. The molecule has 0 saturated heterocycles. The third-order valence-corrected chi connectivity index (χ3v) is 1.44. The van der Waals surface area contributed by atoms with Crippen molar-refractivity contribution in [2.24, 2.45) is 0 Å². The summed E-state index contributed by atoms with van der Waals surface area (Å²) in [6.07, 6.45) is 3.32. The van der Waals surface area contributed by atoms with Gasteiger partial charge in [0, 0.05) is 6.54 Å². The Bertz CT molecular complexity index is 196. The van der Waals surface area contributed by atoms with E-state index in [1.807, 2.05) is 0 Å². The molecule has 1 aliphatic heterocycles. The highest BCUT2D eigenvalue weighted by Crippen LogP contribution is 2.05. The zero-order valence-electron chi connectivity index (χ0n) is 5.50. The van der Waals surface area contributed by atoms with E-state index in [4.69, 9.17) is 5.11 Å². The summed E-state index contributed by atoms with van der Waals surface area (Å²) in [6.45, 7) is 4.15. The van der Waals surface area contributed by atoms with E-state index in [0.717, 1.165) is 5.57 Å². The van der Waals surface area contributed by atoms with Gasteiger partial charge in [0.2, 0.25) is 0 Å². The van der Waals surface area contributed by atoms with Gasteiger partial charge in [0.15, 0.2) is 0 Å². The van der Waals surface area contributed by atoms with Gasteiger partial charge in [-0.25, -0.2) is 0 Å². The zero-order chi connectivity index (χ0) is 7.56. The van der Waals surface area contributed by atoms with Crippen molar-refractivity contribution in [3.05, 3.63) is 24.3 Å². The molecule has 0 radical (unpaired) electrons. The van der Waals surface area contributed by atoms with E-state index in [0.29, 0.717) is 6.54 Å². The second-order valence-electron chi connectivity index (χ2n) is 2.14. The Morgan fingerprint density at radius 1 is 2.00 bits per heavy atom. The van der Waals surface area contributed by atoms with Crippen LogP contribution in [-0.4, -0.2) is 23.7 Å². The minimum atomic E-state index is -0.836. The minimum Gasteiger partial charge on any atom is -0.480 e. The molecule has 0 amide bonds. The number of carboxylic acids is 1. The summed E-state index contributed by atoms with van der Waals surface area (Å²) in [6, 6.07) is -0.520. The van der Waals surface area contributed by atoms with Crippen molar-refractivity contribution >= 4 is 5.97 Å². The molecule has 1 aliphatic rings. The number of hydrogen-bond acceptors (Lipinski definition) is 2. The molecule has 54 valence electrons. The molecule has 0 saturated carbocycles. The van der Waals surface area contributed by atoms with Gasteiger partial charge in [-0.2, -0.15) is 0 Å². The predicted octanol–water partition coefficient (Wildman–Crippen LogP) is 0.155. The van der Waals surface area contributed by atoms with E-state index in [9.17, 15) is 4.79 Å². The molecule has 0 aromatic heterocycles. The van der Waals surface area contributed by atoms with Gasteiger partial charge in [0.1, 0.15) is 6.04 Å². The first-order valence-electron chi connectivity index (χ1n) is 3.03. The van der Waals surface area contributed by atoms with Gasteiger partial charge >= 0.3 is 5.97 Å². The molecule has 3 heteroatoms. The number of aliphatic carboxylic acids is 1. The van der Waals surface area contributed by atoms with Crippen LogP contribution in [0.15, 0.2) is 24.3 Å². The molecule has 0 bridgehead atoms. The fourth-order valence-electron chi connectivity index (χ4n) is 0.859. The number of carbonyl (C=O) groups is 1. The van der Waals surface area contributed by atoms with E-state index in [-0.39, 0.29) is 0 Å². The molecule has 1 atom stereocenters. The van der Waals surface area contributed by atoms with Crippen molar-refractivity contribution in [1.29, 1.82) is 0 Å². The van der Waals surface area contributed by atoms with Crippen molar-refractivity contribution in [2.75, 3.05) is 6.54 Å². The van der Waals surface area contributed by atoms with Crippen molar-refractivity contribution in [3.8, 4) is 0 Å². The van der Waals surface area contributed by atoms with E-state index >= 15 is 0 Å². The molecular formula is C7H9NO2. The van der Waals surface area contributed by atoms with Crippen LogP contribution in [0.3, 0.4) is 0 Å². The molecule has 3 nitrogen and oxygen atoms in total. The van der Waals surface area contributed by atoms with Gasteiger partial charge in [-0.15, -0.1) is 0 Å². The molecule has 0 aromatic carbocycles. The number of carboxylic acid groups (broad SMARTS) is 1. The van der Waals surface area contributed by atoms with Gasteiger partial charge in [0.25, 0.3) is 0 Å². The van der Waals surface area contributed by atoms with E-state index in [1.54, 1.807) is 12.2 Å². The highest BCUT2D eigenvalue weighted by molar-refractivity contribution is 5.77. The van der Waals surface area contributed by atoms with Crippen LogP contribution in [-0.2, 0) is 4.79 Å². The van der Waals surface area contributed by atoms with E-state index in [2.05, 4.69) is 11.9 Å². The fraction of sp³-hybridized carbons (Fsp3) is 0.286. The maximum absolute atomic E-state index is 10.3. The number of rotatable bonds is 2. The van der Waals surface area contributed by atoms with Crippen molar-refractivity contribution in [1.82, 2.24) is 5.32 Å². The van der Waals surface area contributed by atoms with Crippen LogP contribution >= 0.6 is 0 Å². The van der Waals surface area contributed by atoms with Crippen LogP contribution in [0.2, 0.25) is 0 Å². The fourth-order valence-corrected chi connectivity index (χ4v) is 0.859. The Morgan fingerprint density at radius 2 is 2.70 bits per heavy atom. The molecule has 2 N–H and O–H groups in total. The molecule has 0 unspecified atom stereocenters. The Morgan fingerprint density at radius 3 is 3.00 bits per heavy atom. The third-order valence-electron chi connectivity index (χ3n) is 1.44. The first-order valence-corrected chi connectivity index (χ1v) is 3.03. The Labute approximate surface area is 59.0 Å². The van der Waals surface area contributed by atoms with Crippen molar-refractivity contribution in [2.45, 2.75) is 6.04 Å². The first-order chi connectivity index (χ1) is 4.74. The second kappa shape index (κ2) is 2.66. The van der Waals surface area contributed by atoms with Crippen LogP contribution in [0, 0.1) is 0 Å². The van der Waals surface area contributed by atoms with Crippen LogP contribution < -0.4 is 5.32 Å². The standard InChI is InChI=1S/C7H9NO2/c1-2-5-3-6(7(9)10)8-4-5/h2-3,6,8H,1,4H2,(H,9,10)/t6-/m0/s1. The average molecular weight is 139 g/mol. The monoisotopic (exact) mass is 139 g/mol. The zero-order valence-corrected chi connectivity index (χ0v) is 5.50. The van der Waals surface area contributed by atoms with Crippen LogP contribution in [0.25, 0.3) is 0 Å².